The van der Waals surface area contributed by atoms with Crippen LogP contribution in [-0.2, 0) is 14.3 Å². The monoisotopic (exact) mass is 313 g/mol. The molecule has 0 aromatic carbocycles. The molecule has 2 amide bonds. The van der Waals surface area contributed by atoms with Crippen LogP contribution >= 0.6 is 0 Å². The largest absolute Gasteiger partial charge is 0.446 e. The Morgan fingerprint density at radius 3 is 2.41 bits per heavy atom. The molecule has 7 nitrogen and oxygen atoms in total. The van der Waals surface area contributed by atoms with Crippen LogP contribution in [0, 0.1) is 0 Å². The number of nitrogens with two attached hydrogens (primary N) is 1. The molecule has 2 heterocycles. The number of likely N-dealkylation sites (tertiary alicyclic amines) is 1. The molecule has 22 heavy (non-hydrogen) atoms. The number of ether oxygens (including phenoxy) is 2. The van der Waals surface area contributed by atoms with Crippen LogP contribution in [0.25, 0.3) is 0 Å². The van der Waals surface area contributed by atoms with Gasteiger partial charge in [0.05, 0.1) is 6.10 Å². The molecule has 2 saturated heterocycles. The van der Waals surface area contributed by atoms with Crippen LogP contribution < -0.4 is 11.1 Å². The summed E-state index contributed by atoms with van der Waals surface area (Å²) < 4.78 is 10.6. The third-order valence-electron chi connectivity index (χ3n) is 4.21. The van der Waals surface area contributed by atoms with Crippen LogP contribution in [0.4, 0.5) is 4.79 Å². The number of carbonyl (C=O) groups excluding carboxylic acids is 2. The topological polar surface area (TPSA) is 93.9 Å². The molecule has 2 aliphatic heterocycles. The van der Waals surface area contributed by atoms with E-state index in [2.05, 4.69) is 5.32 Å². The normalized spacial score (nSPS) is 19.7. The molecule has 0 aromatic rings. The maximum atomic E-state index is 12.1. The van der Waals surface area contributed by atoms with Crippen molar-refractivity contribution < 1.29 is 19.1 Å². The van der Waals surface area contributed by atoms with Gasteiger partial charge in [0.15, 0.2) is 0 Å². The first-order chi connectivity index (χ1) is 10.6. The molecule has 0 aliphatic carbocycles. The Bertz CT molecular complexity index is 366. The molecule has 0 spiro atoms. The summed E-state index contributed by atoms with van der Waals surface area (Å²) in [4.78, 5) is 24.6. The first kappa shape index (κ1) is 17.0. The molecule has 126 valence electrons. The lowest BCUT2D eigenvalue weighted by atomic mass is 10.1. The zero-order valence-electron chi connectivity index (χ0n) is 13.1. The Hall–Kier alpha value is -1.34. The summed E-state index contributed by atoms with van der Waals surface area (Å²) in [6.07, 6.45) is 4.41. The van der Waals surface area contributed by atoms with Gasteiger partial charge in [-0.15, -0.1) is 0 Å². The summed E-state index contributed by atoms with van der Waals surface area (Å²) in [6, 6.07) is 0. The third-order valence-corrected chi connectivity index (χ3v) is 4.21. The molecule has 2 aliphatic rings. The molecule has 3 N–H and O–H groups in total. The van der Waals surface area contributed by atoms with Gasteiger partial charge >= 0.3 is 6.09 Å². The highest BCUT2D eigenvalue weighted by Gasteiger charge is 2.24. The average molecular weight is 313 g/mol. The number of nitrogens with zero attached hydrogens (tertiary/aromatic N) is 1. The molecule has 0 saturated carbocycles. The summed E-state index contributed by atoms with van der Waals surface area (Å²) in [5, 5.41) is 3.17. The van der Waals surface area contributed by atoms with Crippen molar-refractivity contribution in [2.75, 3.05) is 32.8 Å². The number of hydrogen-bond acceptors (Lipinski definition) is 5. The van der Waals surface area contributed by atoms with Gasteiger partial charge in [0.2, 0.25) is 5.91 Å². The minimum Gasteiger partial charge on any atom is -0.446 e. The summed E-state index contributed by atoms with van der Waals surface area (Å²) in [6.45, 7) is 4.02. The number of piperidine rings is 1. The van der Waals surface area contributed by atoms with Crippen molar-refractivity contribution in [1.82, 2.24) is 10.2 Å². The molecular weight excluding hydrogens is 286 g/mol. The van der Waals surface area contributed by atoms with E-state index in [0.717, 1.165) is 39.0 Å². The maximum absolute atomic E-state index is 12.1. The average Bonchev–Trinajstić information content (AvgIpc) is 2.44. The number of rotatable bonds is 8. The third kappa shape index (κ3) is 5.81. The van der Waals surface area contributed by atoms with E-state index in [0.29, 0.717) is 38.5 Å². The standard InChI is InChI=1S/C15H27N3O4/c16-15(20)22-12-5-7-18(8-6-12)14(19)4-2-1-3-9-21-13-10-17-11-13/h12-13,17H,1-11H2,(H2,16,20). The maximum Gasteiger partial charge on any atom is 0.404 e. The first-order valence-electron chi connectivity index (χ1n) is 8.21. The molecular formula is C15H27N3O4. The van der Waals surface area contributed by atoms with Crippen LogP contribution in [-0.4, -0.2) is 61.9 Å². The van der Waals surface area contributed by atoms with E-state index in [4.69, 9.17) is 15.2 Å². The molecule has 2 rings (SSSR count). The predicted octanol–water partition coefficient (Wildman–Crippen LogP) is 0.622. The van der Waals surface area contributed by atoms with Crippen molar-refractivity contribution in [2.24, 2.45) is 5.73 Å². The first-order valence-corrected chi connectivity index (χ1v) is 8.21. The van der Waals surface area contributed by atoms with Crippen molar-refractivity contribution in [3.63, 3.8) is 0 Å². The van der Waals surface area contributed by atoms with E-state index in [-0.39, 0.29) is 12.0 Å². The van der Waals surface area contributed by atoms with Crippen LogP contribution in [0.2, 0.25) is 0 Å². The SMILES string of the molecule is NC(=O)OC1CCN(C(=O)CCCCCOC2CNC2)CC1. The van der Waals surface area contributed by atoms with Gasteiger partial charge in [-0.05, 0) is 12.8 Å². The molecule has 0 unspecified atom stereocenters. The number of carbonyl (C=O) groups is 2. The van der Waals surface area contributed by atoms with Crippen molar-refractivity contribution in [1.29, 1.82) is 0 Å². The van der Waals surface area contributed by atoms with Crippen molar-refractivity contribution in [2.45, 2.75) is 50.7 Å². The fraction of sp³-hybridized carbons (Fsp3) is 0.867. The highest BCUT2D eigenvalue weighted by atomic mass is 16.6. The number of hydrogen-bond donors (Lipinski definition) is 2. The van der Waals surface area contributed by atoms with Crippen LogP contribution in [0.1, 0.15) is 38.5 Å². The predicted molar refractivity (Wildman–Crippen MR) is 81.3 cm³/mol. The van der Waals surface area contributed by atoms with Gasteiger partial charge in [-0.1, -0.05) is 6.42 Å². The Morgan fingerprint density at radius 1 is 1.09 bits per heavy atom. The number of nitrogens with one attached hydrogen (secondary N) is 1. The van der Waals surface area contributed by atoms with Gasteiger partial charge in [0.25, 0.3) is 0 Å². The molecule has 0 atom stereocenters. The van der Waals surface area contributed by atoms with Gasteiger partial charge in [-0.3, -0.25) is 4.79 Å². The van der Waals surface area contributed by atoms with E-state index >= 15 is 0 Å². The molecule has 2 fully saturated rings. The van der Waals surface area contributed by atoms with E-state index in [1.165, 1.54) is 0 Å². The van der Waals surface area contributed by atoms with E-state index < -0.39 is 6.09 Å². The van der Waals surface area contributed by atoms with E-state index in [9.17, 15) is 9.59 Å². The smallest absolute Gasteiger partial charge is 0.404 e. The van der Waals surface area contributed by atoms with Crippen molar-refractivity contribution in [3.8, 4) is 0 Å². The number of amides is 2. The Morgan fingerprint density at radius 2 is 1.82 bits per heavy atom. The second-order valence-electron chi connectivity index (χ2n) is 5.98. The minimum atomic E-state index is -0.732. The molecule has 0 radical (unpaired) electrons. The molecule has 0 aromatic heterocycles. The van der Waals surface area contributed by atoms with Crippen LogP contribution in [0.3, 0.4) is 0 Å². The van der Waals surface area contributed by atoms with Gasteiger partial charge in [-0.25, -0.2) is 4.79 Å². The summed E-state index contributed by atoms with van der Waals surface area (Å²) in [5.41, 5.74) is 5.00. The second-order valence-corrected chi connectivity index (χ2v) is 5.98. The zero-order valence-corrected chi connectivity index (χ0v) is 13.1. The fourth-order valence-corrected chi connectivity index (χ4v) is 2.73. The van der Waals surface area contributed by atoms with Crippen molar-refractivity contribution in [3.05, 3.63) is 0 Å². The number of unbranched alkanes of at least 4 members (excludes halogenated alkanes) is 2. The van der Waals surface area contributed by atoms with Crippen LogP contribution in [0.15, 0.2) is 0 Å². The van der Waals surface area contributed by atoms with E-state index in [1.807, 2.05) is 4.90 Å². The molecule has 7 heteroatoms. The highest BCUT2D eigenvalue weighted by molar-refractivity contribution is 5.76. The van der Waals surface area contributed by atoms with Gasteiger partial charge < -0.3 is 25.4 Å². The van der Waals surface area contributed by atoms with Crippen molar-refractivity contribution >= 4 is 12.0 Å². The van der Waals surface area contributed by atoms with Gasteiger partial charge in [0.1, 0.15) is 6.10 Å². The Labute approximate surface area is 131 Å². The van der Waals surface area contributed by atoms with E-state index in [1.54, 1.807) is 0 Å². The zero-order chi connectivity index (χ0) is 15.8. The molecule has 0 bridgehead atoms. The minimum absolute atomic E-state index is 0.139. The lowest BCUT2D eigenvalue weighted by Gasteiger charge is -2.31. The van der Waals surface area contributed by atoms with Crippen LogP contribution in [0.5, 0.6) is 0 Å². The fourth-order valence-electron chi connectivity index (χ4n) is 2.73. The lowest BCUT2D eigenvalue weighted by Crippen LogP contribution is -2.48. The summed E-state index contributed by atoms with van der Waals surface area (Å²) >= 11 is 0. The van der Waals surface area contributed by atoms with Gasteiger partial charge in [0, 0.05) is 52.0 Å². The summed E-state index contributed by atoms with van der Waals surface area (Å²) in [7, 11) is 0. The lowest BCUT2D eigenvalue weighted by molar-refractivity contribution is -0.133. The Kier molecular flexibility index (Phi) is 6.92. The second kappa shape index (κ2) is 8.95. The summed E-state index contributed by atoms with van der Waals surface area (Å²) in [5.74, 6) is 0.196. The number of primary amides is 1. The van der Waals surface area contributed by atoms with Gasteiger partial charge in [-0.2, -0.15) is 0 Å². The Balaban J connectivity index is 1.47. The quantitative estimate of drug-likeness (QED) is 0.641. The highest BCUT2D eigenvalue weighted by Crippen LogP contribution is 2.15.